The molecule has 1 aromatic heterocycles. The molecule has 0 aliphatic heterocycles. The first-order valence-corrected chi connectivity index (χ1v) is 7.13. The third kappa shape index (κ3) is 4.05. The van der Waals surface area contributed by atoms with Gasteiger partial charge in [0.1, 0.15) is 0 Å². The Morgan fingerprint density at radius 1 is 1.35 bits per heavy atom. The highest BCUT2D eigenvalue weighted by Gasteiger charge is 2.30. The third-order valence-electron chi connectivity index (χ3n) is 2.99. The van der Waals surface area contributed by atoms with Crippen molar-refractivity contribution in [1.82, 2.24) is 10.3 Å². The molecular weight excluding hydrogens is 285 g/mol. The van der Waals surface area contributed by atoms with Crippen LogP contribution in [-0.2, 0) is 12.6 Å². The Kier molecular flexibility index (Phi) is 4.77. The molecule has 2 nitrogen and oxygen atoms in total. The molecule has 1 heterocycles. The Morgan fingerprint density at radius 3 is 2.80 bits per heavy atom. The van der Waals surface area contributed by atoms with Crippen LogP contribution in [0.5, 0.6) is 0 Å². The van der Waals surface area contributed by atoms with Crippen LogP contribution < -0.4 is 5.32 Å². The molecule has 1 atom stereocenters. The molecule has 1 unspecified atom stereocenters. The molecule has 1 N–H and O–H groups in total. The summed E-state index contributed by atoms with van der Waals surface area (Å²) in [7, 11) is 0. The number of halogens is 3. The molecule has 0 aliphatic rings. The van der Waals surface area contributed by atoms with Crippen LogP contribution in [0, 0.1) is 0 Å². The first kappa shape index (κ1) is 15.0. The number of nitrogens with one attached hydrogen (secondary N) is 1. The molecule has 0 amide bonds. The molecule has 6 heteroatoms. The predicted molar refractivity (Wildman–Crippen MR) is 73.7 cm³/mol. The number of alkyl halides is 3. The minimum atomic E-state index is -4.30. The Bertz CT molecular complexity index is 538. The van der Waals surface area contributed by atoms with Crippen molar-refractivity contribution in [1.29, 1.82) is 0 Å². The van der Waals surface area contributed by atoms with Gasteiger partial charge in [0.2, 0.25) is 0 Å². The smallest absolute Gasteiger partial charge is 0.310 e. The van der Waals surface area contributed by atoms with Gasteiger partial charge in [-0.15, -0.1) is 11.3 Å². The van der Waals surface area contributed by atoms with Crippen LogP contribution in [-0.4, -0.2) is 11.5 Å². The van der Waals surface area contributed by atoms with Crippen LogP contribution in [0.1, 0.15) is 29.1 Å². The Labute approximate surface area is 119 Å². The lowest BCUT2D eigenvalue weighted by Gasteiger charge is -2.15. The summed E-state index contributed by atoms with van der Waals surface area (Å²) in [6.07, 6.45) is -1.77. The standard InChI is InChI=1S/C14H15F3N2S/c1-10(18-6-5-13-19-7-8-20-13)11-3-2-4-12(9-11)14(15,16)17/h2-4,7-10,18H,5-6H2,1H3. The summed E-state index contributed by atoms with van der Waals surface area (Å²) in [5.74, 6) is 0. The zero-order valence-electron chi connectivity index (χ0n) is 10.9. The molecule has 1 aromatic carbocycles. The van der Waals surface area contributed by atoms with Crippen molar-refractivity contribution in [2.24, 2.45) is 0 Å². The van der Waals surface area contributed by atoms with E-state index in [2.05, 4.69) is 10.3 Å². The van der Waals surface area contributed by atoms with E-state index in [1.807, 2.05) is 12.3 Å². The van der Waals surface area contributed by atoms with E-state index >= 15 is 0 Å². The van der Waals surface area contributed by atoms with Crippen LogP contribution in [0.4, 0.5) is 13.2 Å². The van der Waals surface area contributed by atoms with Crippen molar-refractivity contribution in [3.8, 4) is 0 Å². The minimum Gasteiger partial charge on any atom is -0.310 e. The number of hydrogen-bond donors (Lipinski definition) is 1. The number of rotatable bonds is 5. The molecule has 108 valence electrons. The molecule has 0 aliphatic carbocycles. The predicted octanol–water partition coefficient (Wildman–Crippen LogP) is 4.06. The summed E-state index contributed by atoms with van der Waals surface area (Å²) in [4.78, 5) is 4.16. The maximum absolute atomic E-state index is 12.6. The van der Waals surface area contributed by atoms with Gasteiger partial charge in [0.15, 0.2) is 0 Å². The Balaban J connectivity index is 1.93. The van der Waals surface area contributed by atoms with Crippen LogP contribution in [0.2, 0.25) is 0 Å². The van der Waals surface area contributed by atoms with Gasteiger partial charge in [-0.3, -0.25) is 0 Å². The van der Waals surface area contributed by atoms with Crippen molar-refractivity contribution in [2.45, 2.75) is 25.6 Å². The van der Waals surface area contributed by atoms with Crippen molar-refractivity contribution >= 4 is 11.3 Å². The van der Waals surface area contributed by atoms with Crippen LogP contribution >= 0.6 is 11.3 Å². The van der Waals surface area contributed by atoms with Gasteiger partial charge in [-0.25, -0.2) is 4.98 Å². The zero-order chi connectivity index (χ0) is 14.6. The number of hydrogen-bond acceptors (Lipinski definition) is 3. The summed E-state index contributed by atoms with van der Waals surface area (Å²) in [6.45, 7) is 2.54. The van der Waals surface area contributed by atoms with Gasteiger partial charge < -0.3 is 5.32 Å². The van der Waals surface area contributed by atoms with Gasteiger partial charge >= 0.3 is 6.18 Å². The fourth-order valence-corrected chi connectivity index (χ4v) is 2.49. The van der Waals surface area contributed by atoms with Gasteiger partial charge in [-0.2, -0.15) is 13.2 Å². The molecular formula is C14H15F3N2S. The molecule has 2 rings (SSSR count). The molecule has 0 radical (unpaired) electrons. The highest BCUT2D eigenvalue weighted by molar-refractivity contribution is 7.09. The van der Waals surface area contributed by atoms with E-state index in [-0.39, 0.29) is 6.04 Å². The van der Waals surface area contributed by atoms with Crippen LogP contribution in [0.3, 0.4) is 0 Å². The molecule has 20 heavy (non-hydrogen) atoms. The highest BCUT2D eigenvalue weighted by atomic mass is 32.1. The quantitative estimate of drug-likeness (QED) is 0.901. The number of thiazole rings is 1. The van der Waals surface area contributed by atoms with Gasteiger partial charge in [0.25, 0.3) is 0 Å². The van der Waals surface area contributed by atoms with Crippen LogP contribution in [0.25, 0.3) is 0 Å². The molecule has 0 saturated carbocycles. The van der Waals surface area contributed by atoms with E-state index in [0.717, 1.165) is 17.5 Å². The second kappa shape index (κ2) is 6.37. The largest absolute Gasteiger partial charge is 0.416 e. The second-order valence-electron chi connectivity index (χ2n) is 4.47. The van der Waals surface area contributed by atoms with E-state index in [0.29, 0.717) is 12.1 Å². The first-order valence-electron chi connectivity index (χ1n) is 6.26. The lowest BCUT2D eigenvalue weighted by molar-refractivity contribution is -0.137. The average molecular weight is 300 g/mol. The lowest BCUT2D eigenvalue weighted by atomic mass is 10.0. The molecule has 0 bridgehead atoms. The third-order valence-corrected chi connectivity index (χ3v) is 3.83. The Hall–Kier alpha value is -1.40. The average Bonchev–Trinajstić information content (AvgIpc) is 2.91. The van der Waals surface area contributed by atoms with Crippen molar-refractivity contribution < 1.29 is 13.2 Å². The molecule has 0 spiro atoms. The summed E-state index contributed by atoms with van der Waals surface area (Å²) >= 11 is 1.58. The molecule has 2 aromatic rings. The van der Waals surface area contributed by atoms with Gasteiger partial charge in [-0.1, -0.05) is 12.1 Å². The van der Waals surface area contributed by atoms with Crippen molar-refractivity contribution in [3.05, 3.63) is 52.0 Å². The SMILES string of the molecule is CC(NCCc1nccs1)c1cccc(C(F)(F)F)c1. The number of nitrogens with zero attached hydrogens (tertiary/aromatic N) is 1. The van der Waals surface area contributed by atoms with E-state index in [1.165, 1.54) is 12.1 Å². The van der Waals surface area contributed by atoms with E-state index in [9.17, 15) is 13.2 Å². The summed E-state index contributed by atoms with van der Waals surface area (Å²) < 4.78 is 37.9. The number of benzene rings is 1. The van der Waals surface area contributed by atoms with Crippen molar-refractivity contribution in [2.75, 3.05) is 6.54 Å². The van der Waals surface area contributed by atoms with E-state index in [1.54, 1.807) is 23.6 Å². The van der Waals surface area contributed by atoms with Crippen LogP contribution in [0.15, 0.2) is 35.8 Å². The van der Waals surface area contributed by atoms with Gasteiger partial charge in [-0.05, 0) is 24.6 Å². The fourth-order valence-electron chi connectivity index (χ4n) is 1.87. The normalized spacial score (nSPS) is 13.4. The summed E-state index contributed by atoms with van der Waals surface area (Å²) in [6, 6.07) is 5.30. The van der Waals surface area contributed by atoms with E-state index in [4.69, 9.17) is 0 Å². The topological polar surface area (TPSA) is 24.9 Å². The van der Waals surface area contributed by atoms with Crippen molar-refractivity contribution in [3.63, 3.8) is 0 Å². The summed E-state index contributed by atoms with van der Waals surface area (Å²) in [5.41, 5.74) is 0.0301. The van der Waals surface area contributed by atoms with Gasteiger partial charge in [0.05, 0.1) is 10.6 Å². The first-order chi connectivity index (χ1) is 9.47. The Morgan fingerprint density at radius 2 is 2.15 bits per heavy atom. The maximum Gasteiger partial charge on any atom is 0.416 e. The lowest BCUT2D eigenvalue weighted by Crippen LogP contribution is -2.21. The summed E-state index contributed by atoms with van der Waals surface area (Å²) in [5, 5.41) is 6.15. The minimum absolute atomic E-state index is 0.128. The van der Waals surface area contributed by atoms with Gasteiger partial charge in [0, 0.05) is 30.6 Å². The second-order valence-corrected chi connectivity index (χ2v) is 5.45. The zero-order valence-corrected chi connectivity index (χ0v) is 11.8. The number of aromatic nitrogens is 1. The molecule has 0 saturated heterocycles. The fraction of sp³-hybridized carbons (Fsp3) is 0.357. The maximum atomic E-state index is 12.6. The molecule has 0 fully saturated rings. The highest BCUT2D eigenvalue weighted by Crippen LogP contribution is 2.30. The monoisotopic (exact) mass is 300 g/mol. The van der Waals surface area contributed by atoms with E-state index < -0.39 is 11.7 Å².